The van der Waals surface area contributed by atoms with Crippen LogP contribution in [0.3, 0.4) is 0 Å². The van der Waals surface area contributed by atoms with Crippen molar-refractivity contribution in [2.75, 3.05) is 14.1 Å². The molecule has 2 unspecified atom stereocenters. The smallest absolute Gasteiger partial charge is 0.110 e. The summed E-state index contributed by atoms with van der Waals surface area (Å²) in [6.07, 6.45) is 4.37. The van der Waals surface area contributed by atoms with Gasteiger partial charge in [-0.3, -0.25) is 9.80 Å². The number of nitrogens with zero attached hydrogens (tertiary/aromatic N) is 4. The molecule has 4 saturated heterocycles. The first-order valence-corrected chi connectivity index (χ1v) is 6.91. The van der Waals surface area contributed by atoms with E-state index in [9.17, 15) is 10.5 Å². The van der Waals surface area contributed by atoms with Gasteiger partial charge in [-0.05, 0) is 39.8 Å². The monoisotopic (exact) mass is 242 g/mol. The van der Waals surface area contributed by atoms with Crippen molar-refractivity contribution in [1.82, 2.24) is 9.80 Å². The summed E-state index contributed by atoms with van der Waals surface area (Å²) in [6.45, 7) is 0. The molecule has 0 aliphatic carbocycles. The van der Waals surface area contributed by atoms with Crippen molar-refractivity contribution < 1.29 is 0 Å². The highest BCUT2D eigenvalue weighted by Gasteiger charge is 2.82. The average Bonchev–Trinajstić information content (AvgIpc) is 3.06. The van der Waals surface area contributed by atoms with Crippen LogP contribution in [-0.2, 0) is 0 Å². The van der Waals surface area contributed by atoms with Crippen molar-refractivity contribution in [3.05, 3.63) is 0 Å². The van der Waals surface area contributed by atoms with Crippen molar-refractivity contribution in [3.8, 4) is 12.1 Å². The molecule has 0 saturated carbocycles. The summed E-state index contributed by atoms with van der Waals surface area (Å²) in [6, 6.07) is 6.48. The quantitative estimate of drug-likeness (QED) is 0.635. The molecule has 0 aromatic rings. The van der Waals surface area contributed by atoms with Gasteiger partial charge in [0.05, 0.1) is 12.1 Å². The Kier molecular flexibility index (Phi) is 1.74. The van der Waals surface area contributed by atoms with Crippen LogP contribution in [0.15, 0.2) is 0 Å². The molecule has 0 aromatic carbocycles. The van der Waals surface area contributed by atoms with Crippen LogP contribution in [0.5, 0.6) is 0 Å². The zero-order valence-electron chi connectivity index (χ0n) is 10.9. The van der Waals surface area contributed by atoms with Crippen LogP contribution in [0.4, 0.5) is 0 Å². The van der Waals surface area contributed by atoms with Crippen LogP contribution in [-0.4, -0.2) is 48.1 Å². The maximum absolute atomic E-state index is 9.95. The van der Waals surface area contributed by atoms with E-state index < -0.39 is 10.8 Å². The predicted molar refractivity (Wildman–Crippen MR) is 65.2 cm³/mol. The van der Waals surface area contributed by atoms with Crippen molar-refractivity contribution in [3.63, 3.8) is 0 Å². The number of hydrogen-bond acceptors (Lipinski definition) is 4. The molecule has 94 valence electrons. The number of hydrogen-bond donors (Lipinski definition) is 0. The highest BCUT2D eigenvalue weighted by molar-refractivity contribution is 5.43. The molecule has 4 heteroatoms. The predicted octanol–water partition coefficient (Wildman–Crippen LogP) is 0.959. The van der Waals surface area contributed by atoms with Gasteiger partial charge in [-0.1, -0.05) is 0 Å². The molecule has 0 amide bonds. The Hall–Kier alpha value is -1.10. The van der Waals surface area contributed by atoms with Gasteiger partial charge in [0.25, 0.3) is 0 Å². The van der Waals surface area contributed by atoms with Crippen LogP contribution in [0.1, 0.15) is 25.7 Å². The minimum Gasteiger partial charge on any atom is -0.297 e. The third kappa shape index (κ3) is 0.705. The highest BCUT2D eigenvalue weighted by atomic mass is 15.4. The van der Waals surface area contributed by atoms with Gasteiger partial charge in [0.15, 0.2) is 0 Å². The summed E-state index contributed by atoms with van der Waals surface area (Å²) in [7, 11) is 4.25. The molecule has 0 N–H and O–H groups in total. The molecular weight excluding hydrogens is 224 g/mol. The summed E-state index contributed by atoms with van der Waals surface area (Å²) in [5.41, 5.74) is -0.867. The molecule has 4 aliphatic rings. The lowest BCUT2D eigenvalue weighted by atomic mass is 9.51. The van der Waals surface area contributed by atoms with Crippen molar-refractivity contribution in [1.29, 1.82) is 10.5 Å². The number of nitriles is 2. The molecule has 4 heterocycles. The van der Waals surface area contributed by atoms with Crippen molar-refractivity contribution in [2.45, 2.75) is 49.9 Å². The minimum atomic E-state index is -0.433. The second-order valence-electron chi connectivity index (χ2n) is 6.51. The second-order valence-corrected chi connectivity index (χ2v) is 6.51. The molecule has 18 heavy (non-hydrogen) atoms. The zero-order valence-corrected chi connectivity index (χ0v) is 10.9. The van der Waals surface area contributed by atoms with E-state index in [2.05, 4.69) is 36.0 Å². The minimum absolute atomic E-state index is 0.296. The fraction of sp³-hybridized carbons (Fsp3) is 0.857. The lowest BCUT2D eigenvalue weighted by molar-refractivity contribution is 0.107. The highest BCUT2D eigenvalue weighted by Crippen LogP contribution is 2.71. The van der Waals surface area contributed by atoms with Gasteiger partial charge in [-0.2, -0.15) is 10.5 Å². The standard InChI is InChI=1S/C14H18N4/c1-17-9-3-4-10(17)14(8-16)12-6-5-11(18(12)2)13(9,14)7-15/h9-12H,3-6H2,1-2H3/t9-,10+,11+,12-,13?,14?. The Balaban J connectivity index is 2.01. The van der Waals surface area contributed by atoms with E-state index in [0.717, 1.165) is 25.7 Å². The molecule has 4 bridgehead atoms. The molecule has 0 radical (unpaired) electrons. The molecule has 4 rings (SSSR count). The van der Waals surface area contributed by atoms with Gasteiger partial charge in [-0.15, -0.1) is 0 Å². The fourth-order valence-electron chi connectivity index (χ4n) is 6.11. The Labute approximate surface area is 108 Å². The van der Waals surface area contributed by atoms with Crippen LogP contribution in [0, 0.1) is 33.5 Å². The van der Waals surface area contributed by atoms with Gasteiger partial charge in [0.1, 0.15) is 10.8 Å². The first-order chi connectivity index (χ1) is 8.65. The van der Waals surface area contributed by atoms with E-state index >= 15 is 0 Å². The van der Waals surface area contributed by atoms with Gasteiger partial charge in [-0.25, -0.2) is 0 Å². The van der Waals surface area contributed by atoms with Crippen LogP contribution >= 0.6 is 0 Å². The SMILES string of the molecule is CN1[C@H]2CC[C@@H]1C1(C#N)[C@@H]3CC[C@@H](N3C)C21C#N. The van der Waals surface area contributed by atoms with Crippen molar-refractivity contribution in [2.24, 2.45) is 10.8 Å². The Morgan fingerprint density at radius 1 is 0.778 bits per heavy atom. The van der Waals surface area contributed by atoms with E-state index in [1.807, 2.05) is 0 Å². The third-order valence-electron chi connectivity index (χ3n) is 6.55. The molecule has 4 aliphatic heterocycles. The van der Waals surface area contributed by atoms with E-state index in [0.29, 0.717) is 24.2 Å². The summed E-state index contributed by atoms with van der Waals surface area (Å²) in [5.74, 6) is 0. The largest absolute Gasteiger partial charge is 0.297 e. The molecule has 4 fully saturated rings. The number of rotatable bonds is 0. The van der Waals surface area contributed by atoms with E-state index in [4.69, 9.17) is 0 Å². The molecule has 4 nitrogen and oxygen atoms in total. The molecule has 0 aromatic heterocycles. The molecular formula is C14H18N4. The third-order valence-corrected chi connectivity index (χ3v) is 6.55. The Morgan fingerprint density at radius 2 is 1.06 bits per heavy atom. The van der Waals surface area contributed by atoms with Crippen LogP contribution in [0.25, 0.3) is 0 Å². The molecule has 6 atom stereocenters. The lowest BCUT2D eigenvalue weighted by Gasteiger charge is -2.44. The Morgan fingerprint density at radius 3 is 1.28 bits per heavy atom. The average molecular weight is 242 g/mol. The normalized spacial score (nSPS) is 57.6. The zero-order chi connectivity index (χ0) is 12.7. The first-order valence-electron chi connectivity index (χ1n) is 6.91. The van der Waals surface area contributed by atoms with Crippen molar-refractivity contribution >= 4 is 0 Å². The lowest BCUT2D eigenvalue weighted by Crippen LogP contribution is -2.55. The van der Waals surface area contributed by atoms with Gasteiger partial charge < -0.3 is 0 Å². The summed E-state index contributed by atoms with van der Waals surface area (Å²) < 4.78 is 0. The summed E-state index contributed by atoms with van der Waals surface area (Å²) in [4.78, 5) is 4.70. The Bertz CT molecular complexity index is 429. The second kappa shape index (κ2) is 2.90. The van der Waals surface area contributed by atoms with E-state index in [1.54, 1.807) is 0 Å². The fourth-order valence-corrected chi connectivity index (χ4v) is 6.11. The molecule has 0 spiro atoms. The first kappa shape index (κ1) is 10.8. The van der Waals surface area contributed by atoms with Gasteiger partial charge in [0.2, 0.25) is 0 Å². The maximum atomic E-state index is 9.95. The number of fused-ring (bicyclic) bond motifs is 9. The van der Waals surface area contributed by atoms with Gasteiger partial charge >= 0.3 is 0 Å². The van der Waals surface area contributed by atoms with Crippen LogP contribution < -0.4 is 0 Å². The maximum Gasteiger partial charge on any atom is 0.110 e. The van der Waals surface area contributed by atoms with Crippen LogP contribution in [0.2, 0.25) is 0 Å². The van der Waals surface area contributed by atoms with Gasteiger partial charge in [0, 0.05) is 24.2 Å². The summed E-state index contributed by atoms with van der Waals surface area (Å²) in [5, 5.41) is 19.9. The summed E-state index contributed by atoms with van der Waals surface area (Å²) >= 11 is 0. The topological polar surface area (TPSA) is 54.1 Å². The van der Waals surface area contributed by atoms with E-state index in [-0.39, 0.29) is 0 Å². The van der Waals surface area contributed by atoms with E-state index in [1.165, 1.54) is 0 Å².